The van der Waals surface area contributed by atoms with Gasteiger partial charge in [-0.15, -0.1) is 0 Å². The van der Waals surface area contributed by atoms with Gasteiger partial charge >= 0.3 is 0 Å². The molecule has 0 heterocycles. The molecular formula is C18H22FNO. The van der Waals surface area contributed by atoms with Crippen molar-refractivity contribution in [3.05, 3.63) is 65.0 Å². The second kappa shape index (κ2) is 7.23. The van der Waals surface area contributed by atoms with Crippen LogP contribution in [-0.4, -0.2) is 6.54 Å². The minimum absolute atomic E-state index is 0.226. The molecule has 2 aromatic rings. The van der Waals surface area contributed by atoms with Crippen molar-refractivity contribution in [3.63, 3.8) is 0 Å². The molecule has 0 bridgehead atoms. The molecule has 0 radical (unpaired) electrons. The SMILES string of the molecule is CCNC(C)c1ccc(C)cc1OCc1ccc(F)cc1. The third-order valence-electron chi connectivity index (χ3n) is 3.45. The zero-order valence-electron chi connectivity index (χ0n) is 12.8. The minimum atomic E-state index is -0.226. The summed E-state index contributed by atoms with van der Waals surface area (Å²) in [6, 6.07) is 12.9. The van der Waals surface area contributed by atoms with Crippen LogP contribution in [0, 0.1) is 12.7 Å². The lowest BCUT2D eigenvalue weighted by Gasteiger charge is -2.18. The summed E-state index contributed by atoms with van der Waals surface area (Å²) in [7, 11) is 0. The van der Waals surface area contributed by atoms with Gasteiger partial charge in [-0.3, -0.25) is 0 Å². The Labute approximate surface area is 126 Å². The summed E-state index contributed by atoms with van der Waals surface area (Å²) in [4.78, 5) is 0. The van der Waals surface area contributed by atoms with Crippen LogP contribution in [-0.2, 0) is 6.61 Å². The van der Waals surface area contributed by atoms with Crippen molar-refractivity contribution in [2.75, 3.05) is 6.54 Å². The third-order valence-corrected chi connectivity index (χ3v) is 3.45. The zero-order chi connectivity index (χ0) is 15.2. The molecule has 1 N–H and O–H groups in total. The van der Waals surface area contributed by atoms with Gasteiger partial charge in [0.05, 0.1) is 0 Å². The maximum Gasteiger partial charge on any atom is 0.124 e. The molecule has 2 aromatic carbocycles. The van der Waals surface area contributed by atoms with Crippen molar-refractivity contribution in [3.8, 4) is 5.75 Å². The van der Waals surface area contributed by atoms with Crippen LogP contribution in [0.4, 0.5) is 4.39 Å². The van der Waals surface area contributed by atoms with Gasteiger partial charge in [0, 0.05) is 11.6 Å². The Bertz CT molecular complexity index is 580. The standard InChI is InChI=1S/C18H22FNO/c1-4-20-14(3)17-10-5-13(2)11-18(17)21-12-15-6-8-16(19)9-7-15/h5-11,14,20H,4,12H2,1-3H3. The summed E-state index contributed by atoms with van der Waals surface area (Å²) >= 11 is 0. The molecule has 112 valence electrons. The van der Waals surface area contributed by atoms with Crippen LogP contribution in [0.1, 0.15) is 36.6 Å². The average molecular weight is 287 g/mol. The van der Waals surface area contributed by atoms with Crippen LogP contribution < -0.4 is 10.1 Å². The predicted molar refractivity (Wildman–Crippen MR) is 84.0 cm³/mol. The summed E-state index contributed by atoms with van der Waals surface area (Å²) < 4.78 is 18.9. The van der Waals surface area contributed by atoms with Crippen molar-refractivity contribution in [2.45, 2.75) is 33.4 Å². The molecule has 1 atom stereocenters. The molecule has 0 aliphatic carbocycles. The molecule has 0 spiro atoms. The molecule has 3 heteroatoms. The number of aryl methyl sites for hydroxylation is 1. The van der Waals surface area contributed by atoms with Crippen LogP contribution in [0.15, 0.2) is 42.5 Å². The molecule has 1 unspecified atom stereocenters. The van der Waals surface area contributed by atoms with Gasteiger partial charge in [-0.1, -0.05) is 31.2 Å². The molecule has 2 nitrogen and oxygen atoms in total. The third kappa shape index (κ3) is 4.30. The largest absolute Gasteiger partial charge is 0.489 e. The molecule has 0 aliphatic rings. The van der Waals surface area contributed by atoms with Crippen LogP contribution in [0.5, 0.6) is 5.75 Å². The van der Waals surface area contributed by atoms with E-state index in [4.69, 9.17) is 4.74 Å². The molecule has 0 aromatic heterocycles. The van der Waals surface area contributed by atoms with E-state index in [9.17, 15) is 4.39 Å². The summed E-state index contributed by atoms with van der Waals surface area (Å²) in [5, 5.41) is 3.40. The molecule has 0 aliphatic heterocycles. The van der Waals surface area contributed by atoms with Gasteiger partial charge < -0.3 is 10.1 Å². The number of nitrogens with one attached hydrogen (secondary N) is 1. The lowest BCUT2D eigenvalue weighted by atomic mass is 10.0. The zero-order valence-corrected chi connectivity index (χ0v) is 12.8. The van der Waals surface area contributed by atoms with Crippen molar-refractivity contribution >= 4 is 0 Å². The average Bonchev–Trinajstić information content (AvgIpc) is 2.47. The van der Waals surface area contributed by atoms with Crippen LogP contribution in [0.3, 0.4) is 0 Å². The van der Waals surface area contributed by atoms with Gasteiger partial charge in [0.1, 0.15) is 18.2 Å². The number of benzene rings is 2. The Kier molecular flexibility index (Phi) is 5.34. The van der Waals surface area contributed by atoms with E-state index < -0.39 is 0 Å². The second-order valence-electron chi connectivity index (χ2n) is 5.24. The quantitative estimate of drug-likeness (QED) is 0.851. The number of hydrogen-bond donors (Lipinski definition) is 1. The molecule has 0 fully saturated rings. The number of halogens is 1. The Hall–Kier alpha value is -1.87. The van der Waals surface area contributed by atoms with Crippen molar-refractivity contribution in [2.24, 2.45) is 0 Å². The monoisotopic (exact) mass is 287 g/mol. The highest BCUT2D eigenvalue weighted by molar-refractivity contribution is 5.39. The topological polar surface area (TPSA) is 21.3 Å². The molecule has 0 amide bonds. The maximum atomic E-state index is 12.9. The first-order valence-corrected chi connectivity index (χ1v) is 7.31. The molecular weight excluding hydrogens is 265 g/mol. The highest BCUT2D eigenvalue weighted by atomic mass is 19.1. The van der Waals surface area contributed by atoms with Crippen LogP contribution >= 0.6 is 0 Å². The summed E-state index contributed by atoms with van der Waals surface area (Å²) in [6.07, 6.45) is 0. The van der Waals surface area contributed by atoms with Gasteiger partial charge in [0.2, 0.25) is 0 Å². The predicted octanol–water partition coefficient (Wildman–Crippen LogP) is 4.38. The lowest BCUT2D eigenvalue weighted by Crippen LogP contribution is -2.18. The minimum Gasteiger partial charge on any atom is -0.489 e. The first-order chi connectivity index (χ1) is 10.1. The van der Waals surface area contributed by atoms with E-state index in [1.165, 1.54) is 12.1 Å². The fraction of sp³-hybridized carbons (Fsp3) is 0.333. The summed E-state index contributed by atoms with van der Waals surface area (Å²) in [5.41, 5.74) is 3.26. The lowest BCUT2D eigenvalue weighted by molar-refractivity contribution is 0.299. The van der Waals surface area contributed by atoms with E-state index in [2.05, 4.69) is 31.3 Å². The van der Waals surface area contributed by atoms with Crippen molar-refractivity contribution < 1.29 is 9.13 Å². The van der Waals surface area contributed by atoms with E-state index in [1.807, 2.05) is 13.0 Å². The van der Waals surface area contributed by atoms with E-state index in [0.29, 0.717) is 6.61 Å². The van der Waals surface area contributed by atoms with Gasteiger partial charge in [0.25, 0.3) is 0 Å². The Morgan fingerprint density at radius 2 is 1.86 bits per heavy atom. The highest BCUT2D eigenvalue weighted by Crippen LogP contribution is 2.27. The maximum absolute atomic E-state index is 12.9. The molecule has 0 saturated carbocycles. The van der Waals surface area contributed by atoms with E-state index in [1.54, 1.807) is 12.1 Å². The molecule has 0 saturated heterocycles. The Morgan fingerprint density at radius 3 is 2.52 bits per heavy atom. The normalized spacial score (nSPS) is 12.2. The Balaban J connectivity index is 2.14. The van der Waals surface area contributed by atoms with E-state index in [-0.39, 0.29) is 11.9 Å². The fourth-order valence-electron chi connectivity index (χ4n) is 2.28. The van der Waals surface area contributed by atoms with Crippen LogP contribution in [0.25, 0.3) is 0 Å². The Morgan fingerprint density at radius 1 is 1.14 bits per heavy atom. The van der Waals surface area contributed by atoms with Gasteiger partial charge in [-0.05, 0) is 49.7 Å². The molecule has 2 rings (SSSR count). The molecule has 21 heavy (non-hydrogen) atoms. The smallest absolute Gasteiger partial charge is 0.124 e. The number of ether oxygens (including phenoxy) is 1. The number of hydrogen-bond acceptors (Lipinski definition) is 2. The fourth-order valence-corrected chi connectivity index (χ4v) is 2.28. The summed E-state index contributed by atoms with van der Waals surface area (Å²) in [5.74, 6) is 0.656. The van der Waals surface area contributed by atoms with Crippen LogP contribution in [0.2, 0.25) is 0 Å². The first kappa shape index (κ1) is 15.5. The van der Waals surface area contributed by atoms with Gasteiger partial charge in [0.15, 0.2) is 0 Å². The number of rotatable bonds is 6. The van der Waals surface area contributed by atoms with Gasteiger partial charge in [-0.25, -0.2) is 4.39 Å². The summed E-state index contributed by atoms with van der Waals surface area (Å²) in [6.45, 7) is 7.61. The highest BCUT2D eigenvalue weighted by Gasteiger charge is 2.11. The van der Waals surface area contributed by atoms with Crippen molar-refractivity contribution in [1.82, 2.24) is 5.32 Å². The van der Waals surface area contributed by atoms with Gasteiger partial charge in [-0.2, -0.15) is 0 Å². The van der Waals surface area contributed by atoms with E-state index >= 15 is 0 Å². The second-order valence-corrected chi connectivity index (χ2v) is 5.24. The van der Waals surface area contributed by atoms with E-state index in [0.717, 1.165) is 29.0 Å². The van der Waals surface area contributed by atoms with Crippen molar-refractivity contribution in [1.29, 1.82) is 0 Å². The first-order valence-electron chi connectivity index (χ1n) is 7.31.